The summed E-state index contributed by atoms with van der Waals surface area (Å²) in [6.07, 6.45) is 0.249. The van der Waals surface area contributed by atoms with Gasteiger partial charge in [-0.15, -0.1) is 0 Å². The molecule has 1 aromatic carbocycles. The van der Waals surface area contributed by atoms with Crippen LogP contribution in [0.5, 0.6) is 0 Å². The Kier molecular flexibility index (Phi) is 2.97. The largest absolute Gasteiger partial charge is 0.480 e. The van der Waals surface area contributed by atoms with E-state index in [1.807, 2.05) is 0 Å². The molecule has 0 radical (unpaired) electrons. The fourth-order valence-electron chi connectivity index (χ4n) is 2.18. The molecular weight excluding hydrogens is 263 g/mol. The standard InChI is InChI=1S/C11H12Cl2N2O2/c1-15-5-11(14,10(16)17)4-6-2-3-7(12)8(13)9(6)15/h2-3H,4-5,14H2,1H3,(H,16,17). The highest BCUT2D eigenvalue weighted by Gasteiger charge is 2.40. The predicted molar refractivity (Wildman–Crippen MR) is 68.0 cm³/mol. The Morgan fingerprint density at radius 2 is 2.18 bits per heavy atom. The number of fused-ring (bicyclic) bond motifs is 1. The molecule has 0 bridgehead atoms. The summed E-state index contributed by atoms with van der Waals surface area (Å²) in [5.74, 6) is -1.01. The number of likely N-dealkylation sites (N-methyl/N-ethyl adjacent to an activating group) is 1. The molecule has 0 amide bonds. The highest BCUT2D eigenvalue weighted by Crippen LogP contribution is 2.39. The Balaban J connectivity index is 2.53. The lowest BCUT2D eigenvalue weighted by atomic mass is 9.86. The minimum atomic E-state index is -1.28. The lowest BCUT2D eigenvalue weighted by Crippen LogP contribution is -2.59. The number of nitrogens with zero attached hydrogens (tertiary/aromatic N) is 1. The third-order valence-corrected chi connectivity index (χ3v) is 3.78. The van der Waals surface area contributed by atoms with Crippen LogP contribution in [-0.4, -0.2) is 30.2 Å². The van der Waals surface area contributed by atoms with Gasteiger partial charge in [-0.3, -0.25) is 4.79 Å². The van der Waals surface area contributed by atoms with Crippen molar-refractivity contribution in [3.05, 3.63) is 27.7 Å². The average Bonchev–Trinajstić information content (AvgIpc) is 2.22. The molecule has 3 N–H and O–H groups in total. The summed E-state index contributed by atoms with van der Waals surface area (Å²) in [4.78, 5) is 12.9. The van der Waals surface area contributed by atoms with Crippen LogP contribution in [0, 0.1) is 0 Å². The van der Waals surface area contributed by atoms with E-state index in [-0.39, 0.29) is 13.0 Å². The first-order valence-corrected chi connectivity index (χ1v) is 5.81. The Morgan fingerprint density at radius 1 is 1.53 bits per heavy atom. The molecule has 1 heterocycles. The zero-order chi connectivity index (χ0) is 12.8. The summed E-state index contributed by atoms with van der Waals surface area (Å²) in [7, 11) is 1.75. The second-order valence-electron chi connectivity index (χ2n) is 4.36. The first-order chi connectivity index (χ1) is 7.85. The third kappa shape index (κ3) is 1.97. The number of halogens is 2. The molecule has 0 fully saturated rings. The first-order valence-electron chi connectivity index (χ1n) is 5.05. The van der Waals surface area contributed by atoms with Crippen molar-refractivity contribution in [1.82, 2.24) is 0 Å². The van der Waals surface area contributed by atoms with E-state index in [0.717, 1.165) is 11.3 Å². The first kappa shape index (κ1) is 12.5. The molecule has 17 heavy (non-hydrogen) atoms. The fourth-order valence-corrected chi connectivity index (χ4v) is 2.66. The highest BCUT2D eigenvalue weighted by atomic mass is 35.5. The summed E-state index contributed by atoms with van der Waals surface area (Å²) in [5.41, 5.74) is 6.17. The van der Waals surface area contributed by atoms with Crippen molar-refractivity contribution in [2.24, 2.45) is 5.73 Å². The van der Waals surface area contributed by atoms with E-state index in [9.17, 15) is 4.79 Å². The Labute approximate surface area is 109 Å². The van der Waals surface area contributed by atoms with Gasteiger partial charge in [0.15, 0.2) is 0 Å². The lowest BCUT2D eigenvalue weighted by Gasteiger charge is -2.38. The Bertz CT molecular complexity index is 493. The zero-order valence-corrected chi connectivity index (χ0v) is 10.7. The van der Waals surface area contributed by atoms with E-state index < -0.39 is 11.5 Å². The van der Waals surface area contributed by atoms with Gasteiger partial charge in [-0.25, -0.2) is 0 Å². The number of hydrogen-bond donors (Lipinski definition) is 2. The van der Waals surface area contributed by atoms with Crippen LogP contribution in [0.25, 0.3) is 0 Å². The van der Waals surface area contributed by atoms with Gasteiger partial charge in [0.05, 0.1) is 15.7 Å². The number of aliphatic carboxylic acids is 1. The van der Waals surface area contributed by atoms with Crippen LogP contribution >= 0.6 is 23.2 Å². The quantitative estimate of drug-likeness (QED) is 0.819. The van der Waals surface area contributed by atoms with E-state index in [1.165, 1.54) is 0 Å². The van der Waals surface area contributed by atoms with Crippen LogP contribution < -0.4 is 10.6 Å². The molecule has 2 rings (SSSR count). The molecule has 1 atom stereocenters. The van der Waals surface area contributed by atoms with Crippen LogP contribution in [-0.2, 0) is 11.2 Å². The number of carbonyl (C=O) groups is 1. The molecule has 0 saturated carbocycles. The van der Waals surface area contributed by atoms with Crippen molar-refractivity contribution in [2.75, 3.05) is 18.5 Å². The Hall–Kier alpha value is -0.970. The van der Waals surface area contributed by atoms with Crippen LogP contribution in [0.2, 0.25) is 10.0 Å². The van der Waals surface area contributed by atoms with Gasteiger partial charge in [-0.2, -0.15) is 0 Å². The fraction of sp³-hybridized carbons (Fsp3) is 0.364. The van der Waals surface area contributed by atoms with Gasteiger partial charge >= 0.3 is 5.97 Å². The summed E-state index contributed by atoms with van der Waals surface area (Å²) < 4.78 is 0. The maximum absolute atomic E-state index is 11.2. The summed E-state index contributed by atoms with van der Waals surface area (Å²) in [6.45, 7) is 0.204. The van der Waals surface area contributed by atoms with Gasteiger partial charge in [-0.1, -0.05) is 29.3 Å². The third-order valence-electron chi connectivity index (χ3n) is 2.99. The van der Waals surface area contributed by atoms with E-state index in [0.29, 0.717) is 10.0 Å². The maximum atomic E-state index is 11.2. The van der Waals surface area contributed by atoms with E-state index in [2.05, 4.69) is 0 Å². The van der Waals surface area contributed by atoms with Crippen LogP contribution in [0.4, 0.5) is 5.69 Å². The predicted octanol–water partition coefficient (Wildman–Crippen LogP) is 1.77. The average molecular weight is 275 g/mol. The second-order valence-corrected chi connectivity index (χ2v) is 5.15. The van der Waals surface area contributed by atoms with E-state index in [1.54, 1.807) is 24.1 Å². The SMILES string of the molecule is CN1CC(N)(C(=O)O)Cc2ccc(Cl)c(Cl)c21. The molecule has 6 heteroatoms. The van der Waals surface area contributed by atoms with Gasteiger partial charge in [0, 0.05) is 20.0 Å². The smallest absolute Gasteiger partial charge is 0.325 e. The van der Waals surface area contributed by atoms with Crippen molar-refractivity contribution in [3.63, 3.8) is 0 Å². The van der Waals surface area contributed by atoms with Crippen molar-refractivity contribution in [2.45, 2.75) is 12.0 Å². The number of hydrogen-bond acceptors (Lipinski definition) is 3. The molecule has 0 spiro atoms. The van der Waals surface area contributed by atoms with Crippen LogP contribution in [0.1, 0.15) is 5.56 Å². The molecule has 0 saturated heterocycles. The maximum Gasteiger partial charge on any atom is 0.325 e. The van der Waals surface area contributed by atoms with E-state index >= 15 is 0 Å². The molecular formula is C11H12Cl2N2O2. The number of rotatable bonds is 1. The number of benzene rings is 1. The van der Waals surface area contributed by atoms with Gasteiger partial charge in [0.25, 0.3) is 0 Å². The number of nitrogens with two attached hydrogens (primary N) is 1. The molecule has 1 aromatic rings. The van der Waals surface area contributed by atoms with Crippen LogP contribution in [0.15, 0.2) is 12.1 Å². The number of anilines is 1. The van der Waals surface area contributed by atoms with Gasteiger partial charge in [-0.05, 0) is 11.6 Å². The monoisotopic (exact) mass is 274 g/mol. The van der Waals surface area contributed by atoms with Gasteiger partial charge in [0.2, 0.25) is 0 Å². The minimum absolute atomic E-state index is 0.204. The Morgan fingerprint density at radius 3 is 2.76 bits per heavy atom. The molecule has 0 aliphatic carbocycles. The van der Waals surface area contributed by atoms with Gasteiger partial charge in [0.1, 0.15) is 5.54 Å². The summed E-state index contributed by atoms with van der Waals surface area (Å²) >= 11 is 12.1. The minimum Gasteiger partial charge on any atom is -0.480 e. The molecule has 92 valence electrons. The number of carboxylic acids is 1. The molecule has 1 aliphatic rings. The number of carboxylic acid groups (broad SMARTS) is 1. The molecule has 0 aromatic heterocycles. The van der Waals surface area contributed by atoms with Crippen molar-refractivity contribution < 1.29 is 9.90 Å². The van der Waals surface area contributed by atoms with E-state index in [4.69, 9.17) is 34.0 Å². The molecule has 1 aliphatic heterocycles. The summed E-state index contributed by atoms with van der Waals surface area (Å²) in [6, 6.07) is 3.42. The topological polar surface area (TPSA) is 66.6 Å². The van der Waals surface area contributed by atoms with Gasteiger partial charge < -0.3 is 15.7 Å². The normalized spacial score (nSPS) is 23.4. The summed E-state index contributed by atoms with van der Waals surface area (Å²) in [5, 5.41) is 10.1. The highest BCUT2D eigenvalue weighted by molar-refractivity contribution is 6.43. The second kappa shape index (κ2) is 4.05. The lowest BCUT2D eigenvalue weighted by molar-refractivity contribution is -0.143. The van der Waals surface area contributed by atoms with Crippen molar-refractivity contribution >= 4 is 34.9 Å². The molecule has 1 unspecified atom stereocenters. The van der Waals surface area contributed by atoms with Crippen molar-refractivity contribution in [1.29, 1.82) is 0 Å². The molecule has 4 nitrogen and oxygen atoms in total. The van der Waals surface area contributed by atoms with Crippen LogP contribution in [0.3, 0.4) is 0 Å². The van der Waals surface area contributed by atoms with Crippen molar-refractivity contribution in [3.8, 4) is 0 Å². The zero-order valence-electron chi connectivity index (χ0n) is 9.20.